The lowest BCUT2D eigenvalue weighted by atomic mass is 10.2. The summed E-state index contributed by atoms with van der Waals surface area (Å²) >= 11 is 1.27. The first-order valence-corrected chi connectivity index (χ1v) is 8.74. The monoisotopic (exact) mass is 311 g/mol. The zero-order chi connectivity index (χ0) is 14.3. The van der Waals surface area contributed by atoms with Crippen LogP contribution in [-0.4, -0.2) is 36.9 Å². The molecule has 1 unspecified atom stereocenters. The summed E-state index contributed by atoms with van der Waals surface area (Å²) in [4.78, 5) is 16.7. The van der Waals surface area contributed by atoms with Gasteiger partial charge in [-0.3, -0.25) is 9.78 Å². The van der Waals surface area contributed by atoms with Crippen LogP contribution in [0.1, 0.15) is 16.1 Å². The summed E-state index contributed by atoms with van der Waals surface area (Å²) in [6.07, 6.45) is 2.08. The molecule has 1 fully saturated rings. The van der Waals surface area contributed by atoms with Crippen LogP contribution in [0.5, 0.6) is 0 Å². The van der Waals surface area contributed by atoms with Crippen LogP contribution in [-0.2, 0) is 9.84 Å². The van der Waals surface area contributed by atoms with Crippen LogP contribution in [0.15, 0.2) is 18.3 Å². The van der Waals surface area contributed by atoms with E-state index in [0.717, 1.165) is 4.70 Å². The molecule has 2 aromatic heterocycles. The average Bonchev–Trinajstić information content (AvgIpc) is 2.91. The van der Waals surface area contributed by atoms with Crippen LogP contribution in [0.2, 0.25) is 0 Å². The SMILES string of the molecule is Nc1c(C(=O)NC2CCS(=O)(=O)C2)sc2cccnc12. The Morgan fingerprint density at radius 3 is 2.95 bits per heavy atom. The van der Waals surface area contributed by atoms with Gasteiger partial charge in [0.2, 0.25) is 0 Å². The van der Waals surface area contributed by atoms with Crippen molar-refractivity contribution in [1.82, 2.24) is 10.3 Å². The summed E-state index contributed by atoms with van der Waals surface area (Å²) in [5.74, 6) is -0.198. The molecule has 106 valence electrons. The van der Waals surface area contributed by atoms with Gasteiger partial charge in [0.15, 0.2) is 9.84 Å². The molecule has 1 aliphatic rings. The second-order valence-corrected chi connectivity index (χ2v) is 8.05. The van der Waals surface area contributed by atoms with Gasteiger partial charge in [-0.25, -0.2) is 8.42 Å². The maximum atomic E-state index is 12.2. The molecule has 2 aromatic rings. The minimum absolute atomic E-state index is 0.00178. The van der Waals surface area contributed by atoms with Gasteiger partial charge in [-0.05, 0) is 18.6 Å². The number of thiophene rings is 1. The Kier molecular flexibility index (Phi) is 3.14. The van der Waals surface area contributed by atoms with Gasteiger partial charge in [0, 0.05) is 12.2 Å². The molecule has 1 saturated heterocycles. The molecule has 0 aromatic carbocycles. The Morgan fingerprint density at radius 1 is 1.50 bits per heavy atom. The molecule has 1 atom stereocenters. The molecule has 20 heavy (non-hydrogen) atoms. The van der Waals surface area contributed by atoms with E-state index in [9.17, 15) is 13.2 Å². The number of nitrogens with one attached hydrogen (secondary N) is 1. The first-order chi connectivity index (χ1) is 9.46. The highest BCUT2D eigenvalue weighted by Crippen LogP contribution is 2.31. The van der Waals surface area contributed by atoms with Crippen LogP contribution < -0.4 is 11.1 Å². The highest BCUT2D eigenvalue weighted by atomic mass is 32.2. The molecule has 3 rings (SSSR count). The van der Waals surface area contributed by atoms with Gasteiger partial charge in [-0.2, -0.15) is 0 Å². The highest BCUT2D eigenvalue weighted by Gasteiger charge is 2.30. The number of pyridine rings is 1. The molecule has 3 heterocycles. The lowest BCUT2D eigenvalue weighted by molar-refractivity contribution is 0.0946. The van der Waals surface area contributed by atoms with E-state index in [-0.39, 0.29) is 23.5 Å². The van der Waals surface area contributed by atoms with Crippen LogP contribution in [0.3, 0.4) is 0 Å². The number of anilines is 1. The molecule has 0 bridgehead atoms. The third-order valence-corrected chi connectivity index (χ3v) is 6.18. The van der Waals surface area contributed by atoms with Crippen LogP contribution in [0.25, 0.3) is 10.2 Å². The van der Waals surface area contributed by atoms with Crippen molar-refractivity contribution in [2.75, 3.05) is 17.2 Å². The van der Waals surface area contributed by atoms with Crippen LogP contribution >= 0.6 is 11.3 Å². The Hall–Kier alpha value is -1.67. The van der Waals surface area contributed by atoms with Crippen molar-refractivity contribution in [3.63, 3.8) is 0 Å². The van der Waals surface area contributed by atoms with Gasteiger partial charge in [0.05, 0.1) is 21.9 Å². The van der Waals surface area contributed by atoms with E-state index >= 15 is 0 Å². The number of rotatable bonds is 2. The Morgan fingerprint density at radius 2 is 2.30 bits per heavy atom. The topological polar surface area (TPSA) is 102 Å². The lowest BCUT2D eigenvalue weighted by Crippen LogP contribution is -2.35. The molecule has 1 amide bonds. The number of amides is 1. The first-order valence-electron chi connectivity index (χ1n) is 6.10. The number of aromatic nitrogens is 1. The molecule has 3 N–H and O–H groups in total. The number of nitrogens with two attached hydrogens (primary N) is 1. The predicted octanol–water partition coefficient (Wildman–Crippen LogP) is 0.795. The molecule has 0 saturated carbocycles. The van der Waals surface area contributed by atoms with Gasteiger partial charge in [-0.1, -0.05) is 0 Å². The van der Waals surface area contributed by atoms with E-state index in [4.69, 9.17) is 5.73 Å². The molecule has 0 spiro atoms. The number of hydrogen-bond donors (Lipinski definition) is 2. The second kappa shape index (κ2) is 4.71. The van der Waals surface area contributed by atoms with E-state index in [1.165, 1.54) is 11.3 Å². The Balaban J connectivity index is 1.84. The van der Waals surface area contributed by atoms with E-state index in [1.807, 2.05) is 6.07 Å². The fourth-order valence-electron chi connectivity index (χ4n) is 2.28. The Bertz CT molecular complexity index is 782. The van der Waals surface area contributed by atoms with E-state index in [2.05, 4.69) is 10.3 Å². The van der Waals surface area contributed by atoms with Crippen molar-refractivity contribution in [1.29, 1.82) is 0 Å². The maximum Gasteiger partial charge on any atom is 0.263 e. The van der Waals surface area contributed by atoms with E-state index < -0.39 is 9.84 Å². The van der Waals surface area contributed by atoms with Gasteiger partial charge in [0.1, 0.15) is 10.4 Å². The summed E-state index contributed by atoms with van der Waals surface area (Å²) in [5, 5.41) is 2.74. The average molecular weight is 311 g/mol. The second-order valence-electron chi connectivity index (χ2n) is 4.77. The zero-order valence-corrected chi connectivity index (χ0v) is 12.1. The number of hydrogen-bond acceptors (Lipinski definition) is 6. The van der Waals surface area contributed by atoms with Crippen molar-refractivity contribution < 1.29 is 13.2 Å². The summed E-state index contributed by atoms with van der Waals surface area (Å²) in [6.45, 7) is 0. The molecule has 6 nitrogen and oxygen atoms in total. The van der Waals surface area contributed by atoms with Crippen LogP contribution in [0.4, 0.5) is 5.69 Å². The van der Waals surface area contributed by atoms with Gasteiger partial charge in [0.25, 0.3) is 5.91 Å². The number of fused-ring (bicyclic) bond motifs is 1. The molecular formula is C12H13N3O3S2. The van der Waals surface area contributed by atoms with Crippen molar-refractivity contribution in [3.05, 3.63) is 23.2 Å². The van der Waals surface area contributed by atoms with Crippen molar-refractivity contribution in [2.24, 2.45) is 0 Å². The maximum absolute atomic E-state index is 12.2. The number of sulfone groups is 1. The number of nitrogen functional groups attached to an aromatic ring is 1. The quantitative estimate of drug-likeness (QED) is 0.854. The van der Waals surface area contributed by atoms with Crippen molar-refractivity contribution in [2.45, 2.75) is 12.5 Å². The number of nitrogens with zero attached hydrogens (tertiary/aromatic N) is 1. The van der Waals surface area contributed by atoms with Crippen LogP contribution in [0, 0.1) is 0 Å². The Labute approximate surface area is 119 Å². The summed E-state index contributed by atoms with van der Waals surface area (Å²) in [5.41, 5.74) is 6.90. The minimum atomic E-state index is -3.01. The van der Waals surface area contributed by atoms with Gasteiger partial charge >= 0.3 is 0 Å². The largest absolute Gasteiger partial charge is 0.396 e. The van der Waals surface area contributed by atoms with Crippen molar-refractivity contribution in [3.8, 4) is 0 Å². The number of carbonyl (C=O) groups excluding carboxylic acids is 1. The van der Waals surface area contributed by atoms with E-state index in [1.54, 1.807) is 12.3 Å². The molecule has 1 aliphatic heterocycles. The summed E-state index contributed by atoms with van der Waals surface area (Å²) < 4.78 is 23.6. The summed E-state index contributed by atoms with van der Waals surface area (Å²) in [6, 6.07) is 3.30. The standard InChI is InChI=1S/C12H13N3O3S2/c13-9-10-8(2-1-4-14-10)19-11(9)12(16)15-7-3-5-20(17,18)6-7/h1-2,4,7H,3,5-6,13H2,(H,15,16). The fraction of sp³-hybridized carbons (Fsp3) is 0.333. The van der Waals surface area contributed by atoms with E-state index in [0.29, 0.717) is 22.5 Å². The van der Waals surface area contributed by atoms with Gasteiger partial charge in [-0.15, -0.1) is 11.3 Å². The lowest BCUT2D eigenvalue weighted by Gasteiger charge is -2.09. The first kappa shape index (κ1) is 13.3. The molecular weight excluding hydrogens is 298 g/mol. The third-order valence-electron chi connectivity index (χ3n) is 3.26. The van der Waals surface area contributed by atoms with Crippen molar-refractivity contribution >= 4 is 43.0 Å². The normalized spacial score (nSPS) is 21.1. The van der Waals surface area contributed by atoms with Gasteiger partial charge < -0.3 is 11.1 Å². The smallest absolute Gasteiger partial charge is 0.263 e. The third kappa shape index (κ3) is 2.36. The summed E-state index contributed by atoms with van der Waals surface area (Å²) in [7, 11) is -3.01. The highest BCUT2D eigenvalue weighted by molar-refractivity contribution is 7.91. The minimum Gasteiger partial charge on any atom is -0.396 e. The fourth-order valence-corrected chi connectivity index (χ4v) is 4.93. The molecule has 0 aliphatic carbocycles. The molecule has 0 radical (unpaired) electrons. The molecule has 8 heteroatoms. The predicted molar refractivity (Wildman–Crippen MR) is 78.6 cm³/mol. The zero-order valence-electron chi connectivity index (χ0n) is 10.5. The number of carbonyl (C=O) groups is 1.